The quantitative estimate of drug-likeness (QED) is 0.366. The van der Waals surface area contributed by atoms with E-state index in [1.807, 2.05) is 0 Å². The first-order valence-electron chi connectivity index (χ1n) is 7.70. The molecule has 0 saturated heterocycles. The fourth-order valence-corrected chi connectivity index (χ4v) is 2.57. The van der Waals surface area contributed by atoms with Gasteiger partial charge in [0.25, 0.3) is 0 Å². The second-order valence-corrected chi connectivity index (χ2v) is 5.91. The second-order valence-electron chi connectivity index (χ2n) is 5.50. The topological polar surface area (TPSA) is 64.7 Å². The van der Waals surface area contributed by atoms with Crippen molar-refractivity contribution in [3.05, 3.63) is 76.3 Å². The van der Waals surface area contributed by atoms with Crippen molar-refractivity contribution in [1.82, 2.24) is 5.16 Å². The van der Waals surface area contributed by atoms with Gasteiger partial charge in [-0.2, -0.15) is 0 Å². The van der Waals surface area contributed by atoms with Crippen LogP contribution in [0.3, 0.4) is 0 Å². The van der Waals surface area contributed by atoms with E-state index in [0.29, 0.717) is 27.6 Å². The van der Waals surface area contributed by atoms with E-state index in [9.17, 15) is 9.18 Å². The lowest BCUT2D eigenvalue weighted by molar-refractivity contribution is 0.0515. The Kier molecular flexibility index (Phi) is 5.14. The second kappa shape index (κ2) is 7.49. The standard InChI is InChI=1S/C19H14ClFN2O3/c1-11(13-7-9-14(21)10-8-13)22-26-19(24)17-12(2)25-23-18(17)15-5-3-4-6-16(15)20/h3-10H,1-2H3/b22-11+. The zero-order chi connectivity index (χ0) is 18.7. The van der Waals surface area contributed by atoms with Crippen LogP contribution in [0.25, 0.3) is 11.3 Å². The highest BCUT2D eigenvalue weighted by Crippen LogP contribution is 2.31. The van der Waals surface area contributed by atoms with Gasteiger partial charge in [0, 0.05) is 5.56 Å². The van der Waals surface area contributed by atoms with E-state index in [1.54, 1.807) is 50.2 Å². The van der Waals surface area contributed by atoms with E-state index in [-0.39, 0.29) is 17.1 Å². The van der Waals surface area contributed by atoms with E-state index in [1.165, 1.54) is 12.1 Å². The molecule has 7 heteroatoms. The zero-order valence-electron chi connectivity index (χ0n) is 14.0. The molecule has 0 N–H and O–H groups in total. The van der Waals surface area contributed by atoms with Crippen LogP contribution in [0.5, 0.6) is 0 Å². The summed E-state index contributed by atoms with van der Waals surface area (Å²) in [6, 6.07) is 12.6. The molecule has 0 fully saturated rings. The number of oxime groups is 1. The Balaban J connectivity index is 1.87. The van der Waals surface area contributed by atoms with Gasteiger partial charge in [-0.05, 0) is 37.6 Å². The average molecular weight is 373 g/mol. The summed E-state index contributed by atoms with van der Waals surface area (Å²) in [4.78, 5) is 17.5. The molecule has 0 unspecified atom stereocenters. The summed E-state index contributed by atoms with van der Waals surface area (Å²) in [5.41, 5.74) is 2.04. The lowest BCUT2D eigenvalue weighted by Gasteiger charge is -2.04. The van der Waals surface area contributed by atoms with E-state index in [0.717, 1.165) is 0 Å². The van der Waals surface area contributed by atoms with Crippen LogP contribution in [0.15, 0.2) is 58.2 Å². The van der Waals surface area contributed by atoms with E-state index in [4.69, 9.17) is 21.0 Å². The maximum absolute atomic E-state index is 13.0. The van der Waals surface area contributed by atoms with Crippen molar-refractivity contribution in [3.8, 4) is 11.3 Å². The molecule has 0 spiro atoms. The van der Waals surface area contributed by atoms with Crippen molar-refractivity contribution >= 4 is 23.3 Å². The lowest BCUT2D eigenvalue weighted by atomic mass is 10.1. The van der Waals surface area contributed by atoms with Crippen LogP contribution in [-0.4, -0.2) is 16.8 Å². The first kappa shape index (κ1) is 17.8. The van der Waals surface area contributed by atoms with Gasteiger partial charge in [0.15, 0.2) is 0 Å². The van der Waals surface area contributed by atoms with E-state index in [2.05, 4.69) is 10.3 Å². The summed E-state index contributed by atoms with van der Waals surface area (Å²) in [6.45, 7) is 3.25. The van der Waals surface area contributed by atoms with Crippen LogP contribution in [0, 0.1) is 12.7 Å². The van der Waals surface area contributed by atoms with Crippen molar-refractivity contribution in [1.29, 1.82) is 0 Å². The molecule has 132 valence electrons. The number of rotatable bonds is 4. The Bertz CT molecular complexity index is 981. The molecular formula is C19H14ClFN2O3. The molecule has 1 aromatic heterocycles. The number of benzene rings is 2. The van der Waals surface area contributed by atoms with Crippen molar-refractivity contribution < 1.29 is 18.5 Å². The monoisotopic (exact) mass is 372 g/mol. The molecule has 0 amide bonds. The largest absolute Gasteiger partial charge is 0.371 e. The minimum atomic E-state index is -0.722. The third-order valence-electron chi connectivity index (χ3n) is 3.72. The SMILES string of the molecule is C/C(=N\OC(=O)c1c(-c2ccccc2Cl)noc1C)c1ccc(F)cc1. The Hall–Kier alpha value is -2.99. The molecular weight excluding hydrogens is 359 g/mol. The van der Waals surface area contributed by atoms with Gasteiger partial charge < -0.3 is 9.36 Å². The van der Waals surface area contributed by atoms with Gasteiger partial charge in [0.2, 0.25) is 0 Å². The lowest BCUT2D eigenvalue weighted by Crippen LogP contribution is -2.06. The molecule has 26 heavy (non-hydrogen) atoms. The Labute approximate surface area is 154 Å². The number of aryl methyl sites for hydroxylation is 1. The maximum Gasteiger partial charge on any atom is 0.371 e. The molecule has 0 aliphatic rings. The highest BCUT2D eigenvalue weighted by atomic mass is 35.5. The molecule has 0 radical (unpaired) electrons. The van der Waals surface area contributed by atoms with Gasteiger partial charge in [-0.15, -0.1) is 0 Å². The number of nitrogens with zero attached hydrogens (tertiary/aromatic N) is 2. The summed E-state index contributed by atoms with van der Waals surface area (Å²) in [6.07, 6.45) is 0. The van der Waals surface area contributed by atoms with E-state index >= 15 is 0 Å². The number of carbonyl (C=O) groups excluding carboxylic acids is 1. The highest BCUT2D eigenvalue weighted by Gasteiger charge is 2.24. The minimum absolute atomic E-state index is 0.147. The van der Waals surface area contributed by atoms with Crippen LogP contribution < -0.4 is 0 Å². The number of aromatic nitrogens is 1. The molecule has 0 aliphatic heterocycles. The van der Waals surface area contributed by atoms with E-state index < -0.39 is 5.97 Å². The first-order chi connectivity index (χ1) is 12.5. The minimum Gasteiger partial charge on any atom is -0.360 e. The average Bonchev–Trinajstić information content (AvgIpc) is 3.02. The summed E-state index contributed by atoms with van der Waals surface area (Å²) in [7, 11) is 0. The van der Waals surface area contributed by atoms with Crippen LogP contribution in [0.4, 0.5) is 4.39 Å². The summed E-state index contributed by atoms with van der Waals surface area (Å²) in [5.74, 6) is -0.789. The third-order valence-corrected chi connectivity index (χ3v) is 4.05. The van der Waals surface area contributed by atoms with Gasteiger partial charge in [-0.1, -0.05) is 52.2 Å². The fraction of sp³-hybridized carbons (Fsp3) is 0.105. The van der Waals surface area contributed by atoms with Crippen molar-refractivity contribution in [3.63, 3.8) is 0 Å². The van der Waals surface area contributed by atoms with Crippen molar-refractivity contribution in [2.45, 2.75) is 13.8 Å². The maximum atomic E-state index is 13.0. The molecule has 1 heterocycles. The van der Waals surface area contributed by atoms with Gasteiger partial charge in [0.05, 0.1) is 10.7 Å². The smallest absolute Gasteiger partial charge is 0.360 e. The first-order valence-corrected chi connectivity index (χ1v) is 8.08. The molecule has 0 saturated carbocycles. The van der Waals surface area contributed by atoms with Gasteiger partial charge in [0.1, 0.15) is 22.8 Å². The normalized spacial score (nSPS) is 11.5. The number of halogens is 2. The molecule has 5 nitrogen and oxygen atoms in total. The fourth-order valence-electron chi connectivity index (χ4n) is 2.35. The Morgan fingerprint density at radius 2 is 1.88 bits per heavy atom. The predicted molar refractivity (Wildman–Crippen MR) is 95.7 cm³/mol. The van der Waals surface area contributed by atoms with Crippen LogP contribution >= 0.6 is 11.6 Å². The summed E-state index contributed by atoms with van der Waals surface area (Å²) >= 11 is 6.17. The summed E-state index contributed by atoms with van der Waals surface area (Å²) in [5, 5.41) is 8.16. The summed E-state index contributed by atoms with van der Waals surface area (Å²) < 4.78 is 18.1. The van der Waals surface area contributed by atoms with Gasteiger partial charge in [-0.25, -0.2) is 9.18 Å². The van der Waals surface area contributed by atoms with Gasteiger partial charge >= 0.3 is 5.97 Å². The highest BCUT2D eigenvalue weighted by molar-refractivity contribution is 6.33. The number of hydrogen-bond acceptors (Lipinski definition) is 5. The molecule has 0 bridgehead atoms. The van der Waals surface area contributed by atoms with Crippen molar-refractivity contribution in [2.75, 3.05) is 0 Å². The van der Waals surface area contributed by atoms with Crippen molar-refractivity contribution in [2.24, 2.45) is 5.16 Å². The number of hydrogen-bond donors (Lipinski definition) is 0. The third kappa shape index (κ3) is 3.65. The molecule has 0 aliphatic carbocycles. The van der Waals surface area contributed by atoms with Crippen LogP contribution in [-0.2, 0) is 4.84 Å². The Morgan fingerprint density at radius 1 is 1.19 bits per heavy atom. The van der Waals surface area contributed by atoms with Gasteiger partial charge in [-0.3, -0.25) is 0 Å². The molecule has 3 rings (SSSR count). The molecule has 0 atom stereocenters. The Morgan fingerprint density at radius 3 is 2.58 bits per heavy atom. The van der Waals surface area contributed by atoms with Crippen LogP contribution in [0.2, 0.25) is 5.02 Å². The zero-order valence-corrected chi connectivity index (χ0v) is 14.7. The molecule has 3 aromatic rings. The predicted octanol–water partition coefficient (Wildman–Crippen LogP) is 5.02. The van der Waals surface area contributed by atoms with Crippen LogP contribution in [0.1, 0.15) is 28.6 Å². The molecule has 2 aromatic carbocycles. The number of carbonyl (C=O) groups is 1.